The third kappa shape index (κ3) is 6.03. The molecule has 2 unspecified atom stereocenters. The minimum Gasteiger partial charge on any atom is -0.393 e. The molecule has 27 heavy (non-hydrogen) atoms. The molecule has 4 heteroatoms. The van der Waals surface area contributed by atoms with Crippen LogP contribution in [0.1, 0.15) is 41.5 Å². The smallest absolute Gasteiger partial charge is 0.0585 e. The molecule has 143 valence electrons. The average Bonchev–Trinajstić information content (AvgIpc) is 2.87. The summed E-state index contributed by atoms with van der Waals surface area (Å²) in [6.45, 7) is 4.35. The van der Waals surface area contributed by atoms with Crippen LogP contribution in [0.3, 0.4) is 0 Å². The Hall–Kier alpha value is 0.0839. The van der Waals surface area contributed by atoms with Crippen LogP contribution < -0.4 is 0 Å². The van der Waals surface area contributed by atoms with E-state index in [9.17, 15) is 5.11 Å². The van der Waals surface area contributed by atoms with E-state index in [0.29, 0.717) is 17.4 Å². The van der Waals surface area contributed by atoms with Crippen molar-refractivity contribution < 1.29 is 37.8 Å². The van der Waals surface area contributed by atoms with Gasteiger partial charge in [0.25, 0.3) is 0 Å². The first kappa shape index (κ1) is 23.4. The van der Waals surface area contributed by atoms with Gasteiger partial charge in [-0.3, -0.25) is 0 Å². The Morgan fingerprint density at radius 1 is 1.11 bits per heavy atom. The Labute approximate surface area is 198 Å². The molecule has 2 aromatic rings. The van der Waals surface area contributed by atoms with Crippen molar-refractivity contribution in [1.82, 2.24) is 0 Å². The van der Waals surface area contributed by atoms with Gasteiger partial charge in [-0.15, -0.1) is 29.3 Å². The van der Waals surface area contributed by atoms with E-state index in [0.717, 1.165) is 25.7 Å². The predicted octanol–water partition coefficient (Wildman–Crippen LogP) is 5.92. The van der Waals surface area contributed by atoms with Gasteiger partial charge in [0.05, 0.1) is 6.10 Å². The molecule has 0 bridgehead atoms. The summed E-state index contributed by atoms with van der Waals surface area (Å²) in [6.07, 6.45) is 4.32. The molecule has 4 atom stereocenters. The van der Waals surface area contributed by atoms with Gasteiger partial charge in [0.2, 0.25) is 0 Å². The number of aliphatic hydroxyl groups excluding tert-OH is 1. The van der Waals surface area contributed by atoms with Gasteiger partial charge in [-0.1, -0.05) is 29.6 Å². The summed E-state index contributed by atoms with van der Waals surface area (Å²) in [7, 11) is 0. The molecule has 1 aliphatic carbocycles. The van der Waals surface area contributed by atoms with Crippen molar-refractivity contribution in [2.45, 2.75) is 57.4 Å². The van der Waals surface area contributed by atoms with Crippen molar-refractivity contribution in [3.05, 3.63) is 69.7 Å². The molecule has 0 amide bonds. The Bertz CT molecular complexity index is 749. The zero-order valence-corrected chi connectivity index (χ0v) is 20.4. The summed E-state index contributed by atoms with van der Waals surface area (Å²) < 4.78 is 0. The Kier molecular flexibility index (Phi) is 9.30. The molecular weight excluding hydrogens is 452 g/mol. The van der Waals surface area contributed by atoms with Gasteiger partial charge in [-0.05, 0) is 68.1 Å². The monoisotopic (exact) mass is 478 g/mol. The van der Waals surface area contributed by atoms with Gasteiger partial charge in [-0.2, -0.15) is 23.8 Å². The van der Waals surface area contributed by atoms with Gasteiger partial charge < -0.3 is 5.11 Å². The van der Waals surface area contributed by atoms with Crippen molar-refractivity contribution in [3.63, 3.8) is 0 Å². The van der Waals surface area contributed by atoms with Crippen molar-refractivity contribution in [1.29, 1.82) is 0 Å². The van der Waals surface area contributed by atoms with E-state index in [4.69, 9.17) is 23.2 Å². The summed E-state index contributed by atoms with van der Waals surface area (Å²) in [6, 6.07) is 15.4. The van der Waals surface area contributed by atoms with Crippen LogP contribution in [0.25, 0.3) is 0 Å². The second-order valence-corrected chi connectivity index (χ2v) is 8.60. The van der Waals surface area contributed by atoms with E-state index in [1.165, 1.54) is 22.3 Å². The van der Waals surface area contributed by atoms with Crippen LogP contribution in [0.15, 0.2) is 36.4 Å². The molecule has 1 radical (unpaired) electrons. The first-order chi connectivity index (χ1) is 12.5. The van der Waals surface area contributed by atoms with Crippen LogP contribution in [0, 0.1) is 31.7 Å². The number of benzene rings is 2. The number of hydrogen-bond acceptors (Lipinski definition) is 1. The summed E-state index contributed by atoms with van der Waals surface area (Å²) in [4.78, 5) is 0. The zero-order valence-electron chi connectivity index (χ0n) is 16.1. The standard InChI is InChI=1S/C23H27Cl2O.Y/c1-15-5-3-7-18(16(15)2)10-12-20-21(23(26)14-22(20)25)11-9-17-6-4-8-19(24)13-17;/h3-7,13,20-23,26H,9-12,14H2,1-2H3;/q-1;/t20-,21-,22?,23?;/m1./s1. The maximum atomic E-state index is 10.5. The van der Waals surface area contributed by atoms with E-state index in [1.54, 1.807) is 0 Å². The molecule has 1 aliphatic rings. The SMILES string of the molecule is Cc1cccc(CC[C@H]2C(Cl)CC(O)[C@@H]2CCc2cc[c-]c(Cl)c2)c1C.[Y]. The minimum atomic E-state index is -0.299. The molecule has 3 rings (SSSR count). The third-order valence-electron chi connectivity index (χ3n) is 6.04. The van der Waals surface area contributed by atoms with Crippen LogP contribution in [-0.4, -0.2) is 16.6 Å². The Balaban J connectivity index is 0.00000261. The van der Waals surface area contributed by atoms with Gasteiger partial charge in [0.15, 0.2) is 0 Å². The second-order valence-electron chi connectivity index (χ2n) is 7.63. The molecule has 0 saturated heterocycles. The molecule has 1 N–H and O–H groups in total. The quantitative estimate of drug-likeness (QED) is 0.403. The molecule has 0 aromatic heterocycles. The van der Waals surface area contributed by atoms with Crippen LogP contribution in [0.5, 0.6) is 0 Å². The summed E-state index contributed by atoms with van der Waals surface area (Å²) in [5.41, 5.74) is 5.32. The summed E-state index contributed by atoms with van der Waals surface area (Å²) >= 11 is 12.7. The number of rotatable bonds is 6. The van der Waals surface area contributed by atoms with E-state index < -0.39 is 0 Å². The maximum absolute atomic E-state index is 10.5. The van der Waals surface area contributed by atoms with Gasteiger partial charge in [0.1, 0.15) is 0 Å². The second kappa shape index (κ2) is 10.7. The molecule has 0 heterocycles. The molecule has 2 aromatic carbocycles. The molecule has 1 saturated carbocycles. The van der Waals surface area contributed by atoms with Gasteiger partial charge >= 0.3 is 0 Å². The first-order valence-corrected chi connectivity index (χ1v) is 10.3. The fraction of sp³-hybridized carbons (Fsp3) is 0.478. The molecule has 0 spiro atoms. The Morgan fingerprint density at radius 2 is 1.85 bits per heavy atom. The summed E-state index contributed by atoms with van der Waals surface area (Å²) in [5, 5.41) is 11.3. The topological polar surface area (TPSA) is 20.2 Å². The normalized spacial score (nSPS) is 24.6. The number of halogens is 2. The molecular formula is C23H27Cl2OY-. The fourth-order valence-corrected chi connectivity index (χ4v) is 5.01. The Morgan fingerprint density at radius 3 is 2.59 bits per heavy atom. The van der Waals surface area contributed by atoms with Crippen molar-refractivity contribution >= 4 is 23.2 Å². The minimum absolute atomic E-state index is 0. The molecule has 1 fully saturated rings. The van der Waals surface area contributed by atoms with Gasteiger partial charge in [-0.25, -0.2) is 0 Å². The van der Waals surface area contributed by atoms with E-state index in [-0.39, 0.29) is 50.1 Å². The first-order valence-electron chi connectivity index (χ1n) is 9.49. The largest absolute Gasteiger partial charge is 0.393 e. The van der Waals surface area contributed by atoms with Crippen LogP contribution in [-0.2, 0) is 45.6 Å². The van der Waals surface area contributed by atoms with Crippen LogP contribution >= 0.6 is 23.2 Å². The molecule has 0 aliphatic heterocycles. The van der Waals surface area contributed by atoms with Crippen LogP contribution in [0.2, 0.25) is 5.02 Å². The number of alkyl halides is 1. The predicted molar refractivity (Wildman–Crippen MR) is 110 cm³/mol. The van der Waals surface area contributed by atoms with E-state index in [2.05, 4.69) is 44.2 Å². The zero-order chi connectivity index (χ0) is 18.7. The van der Waals surface area contributed by atoms with E-state index >= 15 is 0 Å². The summed E-state index contributed by atoms with van der Waals surface area (Å²) in [5.74, 6) is 0.614. The van der Waals surface area contributed by atoms with E-state index in [1.807, 2.05) is 12.1 Å². The van der Waals surface area contributed by atoms with Crippen molar-refractivity contribution in [2.75, 3.05) is 0 Å². The van der Waals surface area contributed by atoms with Crippen LogP contribution in [0.4, 0.5) is 0 Å². The number of aryl methyl sites for hydroxylation is 3. The van der Waals surface area contributed by atoms with Gasteiger partial charge in [0, 0.05) is 38.1 Å². The fourth-order valence-electron chi connectivity index (χ4n) is 4.31. The third-order valence-corrected chi connectivity index (χ3v) is 6.76. The maximum Gasteiger partial charge on any atom is 0.0585 e. The number of hydrogen-bond donors (Lipinski definition) is 1. The van der Waals surface area contributed by atoms with Crippen molar-refractivity contribution in [2.24, 2.45) is 11.8 Å². The average molecular weight is 479 g/mol. The van der Waals surface area contributed by atoms with Crippen molar-refractivity contribution in [3.8, 4) is 0 Å². The molecule has 1 nitrogen and oxygen atoms in total. The number of aliphatic hydroxyl groups is 1.